The van der Waals surface area contributed by atoms with Gasteiger partial charge in [0.05, 0.1) is 5.25 Å². The highest BCUT2D eigenvalue weighted by Gasteiger charge is 2.16. The predicted octanol–water partition coefficient (Wildman–Crippen LogP) is 3.16. The maximum absolute atomic E-state index is 12.0. The summed E-state index contributed by atoms with van der Waals surface area (Å²) in [5.74, 6) is 0.0486. The van der Waals surface area contributed by atoms with Crippen LogP contribution >= 0.6 is 46.2 Å². The minimum atomic E-state index is -0.152. The van der Waals surface area contributed by atoms with E-state index in [0.717, 1.165) is 15.1 Å². The van der Waals surface area contributed by atoms with Crippen molar-refractivity contribution in [1.29, 1.82) is 0 Å². The molecule has 0 unspecified atom stereocenters. The minimum Gasteiger partial charge on any atom is -0.355 e. The maximum Gasteiger partial charge on any atom is 0.233 e. The fourth-order valence-corrected chi connectivity index (χ4v) is 4.76. The van der Waals surface area contributed by atoms with Crippen molar-refractivity contribution in [2.75, 3.05) is 12.8 Å². The summed E-state index contributed by atoms with van der Waals surface area (Å²) in [4.78, 5) is 13.3. The second kappa shape index (κ2) is 8.02. The van der Waals surface area contributed by atoms with Gasteiger partial charge in [-0.1, -0.05) is 40.9 Å². The van der Waals surface area contributed by atoms with Crippen molar-refractivity contribution in [2.45, 2.75) is 27.3 Å². The number of carbonyl (C=O) groups is 1. The fraction of sp³-hybridized carbons (Fsp3) is 0.417. The Morgan fingerprint density at radius 2 is 2.25 bits per heavy atom. The molecule has 0 aromatic carbocycles. The Morgan fingerprint density at radius 1 is 1.45 bits per heavy atom. The van der Waals surface area contributed by atoms with Crippen LogP contribution in [-0.4, -0.2) is 34.2 Å². The smallest absolute Gasteiger partial charge is 0.233 e. The quantitative estimate of drug-likeness (QED) is 0.781. The normalized spacial score (nSPS) is 12.3. The lowest BCUT2D eigenvalue weighted by Gasteiger charge is -2.09. The molecule has 1 atom stereocenters. The van der Waals surface area contributed by atoms with Crippen molar-refractivity contribution in [3.63, 3.8) is 0 Å². The molecule has 0 spiro atoms. The molecule has 2 rings (SSSR count). The number of thioether (sulfide) groups is 2. The summed E-state index contributed by atoms with van der Waals surface area (Å²) in [6.07, 6.45) is 2.85. The van der Waals surface area contributed by atoms with Crippen LogP contribution in [0.15, 0.2) is 26.2 Å². The zero-order valence-corrected chi connectivity index (χ0v) is 14.4. The van der Waals surface area contributed by atoms with Crippen LogP contribution in [0.4, 0.5) is 0 Å². The van der Waals surface area contributed by atoms with Gasteiger partial charge in [0, 0.05) is 11.4 Å². The van der Waals surface area contributed by atoms with E-state index in [4.69, 9.17) is 0 Å². The van der Waals surface area contributed by atoms with E-state index in [2.05, 4.69) is 27.0 Å². The van der Waals surface area contributed by atoms with Gasteiger partial charge in [0.15, 0.2) is 8.68 Å². The zero-order chi connectivity index (χ0) is 14.4. The average Bonchev–Trinajstić information content (AvgIpc) is 3.09. The van der Waals surface area contributed by atoms with Gasteiger partial charge in [0.1, 0.15) is 0 Å². The van der Waals surface area contributed by atoms with Gasteiger partial charge < -0.3 is 5.32 Å². The molecule has 8 heteroatoms. The Bertz CT molecular complexity index is 541. The molecule has 20 heavy (non-hydrogen) atoms. The molecule has 0 aliphatic carbocycles. The molecular formula is C12H15N3OS4. The van der Waals surface area contributed by atoms with E-state index in [0.29, 0.717) is 6.54 Å². The third-order valence-electron chi connectivity index (χ3n) is 2.46. The second-order valence-corrected chi connectivity index (χ2v) is 8.57. The minimum absolute atomic E-state index is 0.0486. The first-order valence-electron chi connectivity index (χ1n) is 6.03. The monoisotopic (exact) mass is 345 g/mol. The van der Waals surface area contributed by atoms with Crippen molar-refractivity contribution < 1.29 is 4.79 Å². The highest BCUT2D eigenvalue weighted by Crippen LogP contribution is 2.30. The number of rotatable bonds is 7. The molecule has 2 aromatic heterocycles. The van der Waals surface area contributed by atoms with Crippen LogP contribution in [-0.2, 0) is 11.2 Å². The van der Waals surface area contributed by atoms with Gasteiger partial charge in [0.25, 0.3) is 0 Å². The molecule has 1 N–H and O–H groups in total. The largest absolute Gasteiger partial charge is 0.355 e. The number of aromatic nitrogens is 2. The summed E-state index contributed by atoms with van der Waals surface area (Å²) in [5, 5.41) is 12.9. The van der Waals surface area contributed by atoms with Crippen molar-refractivity contribution in [3.8, 4) is 0 Å². The van der Waals surface area contributed by atoms with Gasteiger partial charge in [-0.15, -0.1) is 21.5 Å². The van der Waals surface area contributed by atoms with Crippen molar-refractivity contribution in [1.82, 2.24) is 15.5 Å². The Kier molecular flexibility index (Phi) is 6.34. The zero-order valence-electron chi connectivity index (χ0n) is 11.2. The molecule has 0 aliphatic heterocycles. The van der Waals surface area contributed by atoms with Gasteiger partial charge in [-0.25, -0.2) is 0 Å². The molecule has 0 fully saturated rings. The van der Waals surface area contributed by atoms with Gasteiger partial charge in [-0.2, -0.15) is 0 Å². The average molecular weight is 346 g/mol. The van der Waals surface area contributed by atoms with Crippen LogP contribution in [0.1, 0.15) is 11.8 Å². The van der Waals surface area contributed by atoms with E-state index < -0.39 is 0 Å². The summed E-state index contributed by atoms with van der Waals surface area (Å²) in [5.41, 5.74) is 0. The van der Waals surface area contributed by atoms with E-state index >= 15 is 0 Å². The summed E-state index contributed by atoms with van der Waals surface area (Å²) in [6.45, 7) is 2.57. The van der Waals surface area contributed by atoms with Gasteiger partial charge in [0.2, 0.25) is 5.91 Å². The van der Waals surface area contributed by atoms with E-state index in [-0.39, 0.29) is 11.2 Å². The third kappa shape index (κ3) is 4.76. The van der Waals surface area contributed by atoms with Crippen LogP contribution < -0.4 is 5.32 Å². The lowest BCUT2D eigenvalue weighted by atomic mass is 10.3. The molecule has 0 saturated carbocycles. The number of hydrogen-bond donors (Lipinski definition) is 1. The van der Waals surface area contributed by atoms with Crippen molar-refractivity contribution >= 4 is 52.1 Å². The number of nitrogens with zero attached hydrogens (tertiary/aromatic N) is 2. The Hall–Kier alpha value is -0.570. The predicted molar refractivity (Wildman–Crippen MR) is 88.0 cm³/mol. The first-order chi connectivity index (χ1) is 9.69. The van der Waals surface area contributed by atoms with E-state index in [1.807, 2.05) is 19.2 Å². The molecule has 4 nitrogen and oxygen atoms in total. The van der Waals surface area contributed by atoms with Crippen molar-refractivity contribution in [3.05, 3.63) is 22.4 Å². The molecule has 2 heterocycles. The Morgan fingerprint density at radius 3 is 2.90 bits per heavy atom. The molecule has 108 valence electrons. The van der Waals surface area contributed by atoms with Crippen molar-refractivity contribution in [2.24, 2.45) is 0 Å². The van der Waals surface area contributed by atoms with Crippen LogP contribution in [0.5, 0.6) is 0 Å². The lowest BCUT2D eigenvalue weighted by Crippen LogP contribution is -2.32. The molecule has 1 amide bonds. The molecule has 2 aromatic rings. The fourth-order valence-electron chi connectivity index (χ4n) is 1.44. The summed E-state index contributed by atoms with van der Waals surface area (Å²) < 4.78 is 1.77. The van der Waals surface area contributed by atoms with Crippen LogP contribution in [0.25, 0.3) is 0 Å². The van der Waals surface area contributed by atoms with Crippen LogP contribution in [0.2, 0.25) is 0 Å². The van der Waals surface area contributed by atoms with Gasteiger partial charge in [-0.05, 0) is 31.0 Å². The molecule has 0 saturated heterocycles. The molecule has 0 aliphatic rings. The lowest BCUT2D eigenvalue weighted by molar-refractivity contribution is -0.120. The number of carbonyl (C=O) groups excluding carboxylic acids is 1. The topological polar surface area (TPSA) is 54.9 Å². The summed E-state index contributed by atoms with van der Waals surface area (Å²) in [7, 11) is 0. The van der Waals surface area contributed by atoms with Gasteiger partial charge >= 0.3 is 0 Å². The SMILES string of the molecule is CSc1nnc(S[C@@H](C)C(=O)NCCc2cccs2)s1. The number of amides is 1. The van der Waals surface area contributed by atoms with Crippen LogP contribution in [0.3, 0.4) is 0 Å². The van der Waals surface area contributed by atoms with E-state index in [1.54, 1.807) is 23.1 Å². The maximum atomic E-state index is 12.0. The number of thiophene rings is 1. The summed E-state index contributed by atoms with van der Waals surface area (Å²) >= 11 is 6.27. The Balaban J connectivity index is 1.74. The van der Waals surface area contributed by atoms with Crippen LogP contribution in [0, 0.1) is 0 Å². The molecule has 0 bridgehead atoms. The highest BCUT2D eigenvalue weighted by molar-refractivity contribution is 8.03. The second-order valence-electron chi connectivity index (χ2n) is 3.92. The summed E-state index contributed by atoms with van der Waals surface area (Å²) in [6, 6.07) is 4.11. The Labute approximate surface area is 134 Å². The van der Waals surface area contributed by atoms with E-state index in [9.17, 15) is 4.79 Å². The third-order valence-corrected chi connectivity index (χ3v) is 6.48. The first-order valence-corrected chi connectivity index (χ1v) is 9.83. The first kappa shape index (κ1) is 15.8. The highest BCUT2D eigenvalue weighted by atomic mass is 32.2. The van der Waals surface area contributed by atoms with E-state index in [1.165, 1.54) is 28.0 Å². The molecular weight excluding hydrogens is 330 g/mol. The van der Waals surface area contributed by atoms with Gasteiger partial charge in [-0.3, -0.25) is 4.79 Å². The standard InChI is InChI=1S/C12H15N3OS4/c1-8(19-12-15-14-11(17-2)20-12)10(16)13-6-5-9-4-3-7-18-9/h3-4,7-8H,5-6H2,1-2H3,(H,13,16)/t8-/m0/s1. The number of hydrogen-bond acceptors (Lipinski definition) is 7. The number of nitrogens with one attached hydrogen (secondary N) is 1. The molecule has 0 radical (unpaired) electrons.